The average Bonchev–Trinajstić information content (AvgIpc) is 2.91. The summed E-state index contributed by atoms with van der Waals surface area (Å²) >= 11 is 2.98. The van der Waals surface area contributed by atoms with Crippen LogP contribution in [-0.2, 0) is 6.54 Å². The Morgan fingerprint density at radius 1 is 1.40 bits per heavy atom. The molecule has 0 aliphatic carbocycles. The number of nitrogen functional groups attached to an aromatic ring is 1. The molecular formula is C13H18N4OS2. The van der Waals surface area contributed by atoms with Gasteiger partial charge in [0.05, 0.1) is 6.54 Å². The van der Waals surface area contributed by atoms with Crippen LogP contribution < -0.4 is 16.4 Å². The molecule has 0 saturated carbocycles. The summed E-state index contributed by atoms with van der Waals surface area (Å²) in [6.07, 6.45) is 0. The van der Waals surface area contributed by atoms with Crippen molar-refractivity contribution in [2.45, 2.75) is 27.3 Å². The first-order valence-electron chi connectivity index (χ1n) is 6.35. The van der Waals surface area contributed by atoms with Crippen molar-refractivity contribution in [1.29, 1.82) is 0 Å². The maximum Gasteiger partial charge on any atom is 0.265 e. The number of carbonyl (C=O) groups is 1. The van der Waals surface area contributed by atoms with Crippen molar-refractivity contribution in [3.8, 4) is 0 Å². The number of rotatable bonds is 5. The highest BCUT2D eigenvalue weighted by Crippen LogP contribution is 2.25. The molecule has 1 amide bonds. The third-order valence-electron chi connectivity index (χ3n) is 2.83. The predicted molar refractivity (Wildman–Crippen MR) is 85.7 cm³/mol. The van der Waals surface area contributed by atoms with Crippen LogP contribution in [0, 0.1) is 13.8 Å². The van der Waals surface area contributed by atoms with Gasteiger partial charge in [-0.25, -0.2) is 4.98 Å². The molecule has 7 heteroatoms. The molecule has 0 fully saturated rings. The number of nitrogens with one attached hydrogen (secondary N) is 2. The van der Waals surface area contributed by atoms with E-state index in [1.807, 2.05) is 6.92 Å². The molecular weight excluding hydrogens is 292 g/mol. The smallest absolute Gasteiger partial charge is 0.265 e. The zero-order chi connectivity index (χ0) is 14.7. The van der Waals surface area contributed by atoms with Crippen LogP contribution >= 0.6 is 22.7 Å². The number of nitrogens with two attached hydrogens (primary N) is 1. The van der Waals surface area contributed by atoms with Crippen LogP contribution in [0.25, 0.3) is 0 Å². The maximum absolute atomic E-state index is 12.1. The molecule has 0 spiro atoms. The third-order valence-corrected chi connectivity index (χ3v) is 5.01. The van der Waals surface area contributed by atoms with E-state index < -0.39 is 0 Å². The van der Waals surface area contributed by atoms with Gasteiger partial charge in [-0.15, -0.1) is 11.3 Å². The van der Waals surface area contributed by atoms with Crippen molar-refractivity contribution in [3.63, 3.8) is 0 Å². The van der Waals surface area contributed by atoms with E-state index in [1.54, 1.807) is 11.3 Å². The standard InChI is InChI=1S/C13H18N4OS2/c1-4-15-13-17-11(14)10(20-13)12(18)16-6-9-5-7(2)8(3)19-9/h5H,4,6,14H2,1-3H3,(H,15,17)(H,16,18). The SMILES string of the molecule is CCNc1nc(N)c(C(=O)NCc2cc(C)c(C)s2)s1. The molecule has 2 heterocycles. The Kier molecular flexibility index (Phi) is 4.61. The fraction of sp³-hybridized carbons (Fsp3) is 0.385. The first-order chi connectivity index (χ1) is 9.51. The van der Waals surface area contributed by atoms with Crippen LogP contribution in [0.5, 0.6) is 0 Å². The second kappa shape index (κ2) is 6.23. The van der Waals surface area contributed by atoms with Crippen molar-refractivity contribution < 1.29 is 4.79 Å². The van der Waals surface area contributed by atoms with Gasteiger partial charge in [-0.1, -0.05) is 11.3 Å². The van der Waals surface area contributed by atoms with E-state index in [0.29, 0.717) is 16.6 Å². The number of hydrogen-bond acceptors (Lipinski definition) is 6. The number of aryl methyl sites for hydroxylation is 2. The largest absolute Gasteiger partial charge is 0.382 e. The second-order valence-electron chi connectivity index (χ2n) is 4.40. The normalized spacial score (nSPS) is 10.6. The van der Waals surface area contributed by atoms with Crippen LogP contribution in [0.15, 0.2) is 6.07 Å². The Labute approximate surface area is 126 Å². The summed E-state index contributed by atoms with van der Waals surface area (Å²) < 4.78 is 0. The number of thiophene rings is 1. The number of carbonyl (C=O) groups excluding carboxylic acids is 1. The molecule has 108 valence electrons. The van der Waals surface area contributed by atoms with Gasteiger partial charge in [0.2, 0.25) is 0 Å². The lowest BCUT2D eigenvalue weighted by Crippen LogP contribution is -2.22. The third kappa shape index (κ3) is 3.29. The minimum Gasteiger partial charge on any atom is -0.382 e. The topological polar surface area (TPSA) is 80.0 Å². The lowest BCUT2D eigenvalue weighted by Gasteiger charge is -2.01. The Morgan fingerprint density at radius 3 is 2.75 bits per heavy atom. The van der Waals surface area contributed by atoms with E-state index in [4.69, 9.17) is 5.73 Å². The van der Waals surface area contributed by atoms with Crippen molar-refractivity contribution >= 4 is 39.5 Å². The molecule has 0 bridgehead atoms. The maximum atomic E-state index is 12.1. The first kappa shape index (κ1) is 14.8. The summed E-state index contributed by atoms with van der Waals surface area (Å²) in [5, 5.41) is 6.62. The van der Waals surface area contributed by atoms with E-state index in [9.17, 15) is 4.79 Å². The lowest BCUT2D eigenvalue weighted by molar-refractivity contribution is 0.0956. The quantitative estimate of drug-likeness (QED) is 0.793. The molecule has 0 unspecified atom stereocenters. The van der Waals surface area contributed by atoms with E-state index in [0.717, 1.165) is 11.4 Å². The van der Waals surface area contributed by atoms with Crippen molar-refractivity contribution in [1.82, 2.24) is 10.3 Å². The second-order valence-corrected chi connectivity index (χ2v) is 6.74. The van der Waals surface area contributed by atoms with Crippen molar-refractivity contribution in [2.75, 3.05) is 17.6 Å². The van der Waals surface area contributed by atoms with Crippen molar-refractivity contribution in [3.05, 3.63) is 26.3 Å². The van der Waals surface area contributed by atoms with Gasteiger partial charge >= 0.3 is 0 Å². The molecule has 0 radical (unpaired) electrons. The highest BCUT2D eigenvalue weighted by Gasteiger charge is 2.16. The molecule has 4 N–H and O–H groups in total. The van der Waals surface area contributed by atoms with Crippen LogP contribution in [-0.4, -0.2) is 17.4 Å². The molecule has 5 nitrogen and oxygen atoms in total. The molecule has 0 aliphatic heterocycles. The van der Waals surface area contributed by atoms with Crippen LogP contribution in [0.1, 0.15) is 31.9 Å². The zero-order valence-corrected chi connectivity index (χ0v) is 13.4. The number of thiazole rings is 1. The minimum atomic E-state index is -0.173. The van der Waals surface area contributed by atoms with Gasteiger partial charge in [-0.2, -0.15) is 0 Å². The number of hydrogen-bond donors (Lipinski definition) is 3. The van der Waals surface area contributed by atoms with E-state index in [-0.39, 0.29) is 11.7 Å². The van der Waals surface area contributed by atoms with Crippen molar-refractivity contribution in [2.24, 2.45) is 0 Å². The first-order valence-corrected chi connectivity index (χ1v) is 7.98. The molecule has 0 atom stereocenters. The van der Waals surface area contributed by atoms with Gasteiger partial charge in [0.25, 0.3) is 5.91 Å². The Morgan fingerprint density at radius 2 is 2.15 bits per heavy atom. The van der Waals surface area contributed by atoms with E-state index in [2.05, 4.69) is 35.5 Å². The predicted octanol–water partition coefficient (Wildman–Crippen LogP) is 2.77. The highest BCUT2D eigenvalue weighted by atomic mass is 32.1. The summed E-state index contributed by atoms with van der Waals surface area (Å²) in [7, 11) is 0. The van der Waals surface area contributed by atoms with Crippen LogP contribution in [0.3, 0.4) is 0 Å². The molecule has 2 aromatic rings. The number of aromatic nitrogens is 1. The Balaban J connectivity index is 2.01. The molecule has 20 heavy (non-hydrogen) atoms. The monoisotopic (exact) mass is 310 g/mol. The summed E-state index contributed by atoms with van der Waals surface area (Å²) in [6, 6.07) is 2.10. The molecule has 0 aromatic carbocycles. The van der Waals surface area contributed by atoms with Crippen LogP contribution in [0.2, 0.25) is 0 Å². The molecule has 0 saturated heterocycles. The number of nitrogens with zero attached hydrogens (tertiary/aromatic N) is 1. The van der Waals surface area contributed by atoms with E-state index >= 15 is 0 Å². The van der Waals surface area contributed by atoms with Gasteiger partial charge in [-0.05, 0) is 32.4 Å². The molecule has 0 aliphatic rings. The summed E-state index contributed by atoms with van der Waals surface area (Å²) in [5.41, 5.74) is 7.03. The van der Waals surface area contributed by atoms with Gasteiger partial charge in [-0.3, -0.25) is 4.79 Å². The molecule has 2 aromatic heterocycles. The summed E-state index contributed by atoms with van der Waals surface area (Å²) in [5.74, 6) is 0.106. The van der Waals surface area contributed by atoms with Gasteiger partial charge < -0.3 is 16.4 Å². The average molecular weight is 310 g/mol. The fourth-order valence-electron chi connectivity index (χ4n) is 1.71. The number of anilines is 2. The molecule has 2 rings (SSSR count). The van der Waals surface area contributed by atoms with Gasteiger partial charge in [0.1, 0.15) is 10.7 Å². The minimum absolute atomic E-state index is 0.173. The van der Waals surface area contributed by atoms with Gasteiger partial charge in [0.15, 0.2) is 5.13 Å². The number of amides is 1. The summed E-state index contributed by atoms with van der Waals surface area (Å²) in [4.78, 5) is 19.1. The van der Waals surface area contributed by atoms with Crippen LogP contribution in [0.4, 0.5) is 10.9 Å². The Hall–Kier alpha value is -1.60. The highest BCUT2D eigenvalue weighted by molar-refractivity contribution is 7.18. The lowest BCUT2D eigenvalue weighted by atomic mass is 10.3. The Bertz CT molecular complexity index is 598. The van der Waals surface area contributed by atoms with Gasteiger partial charge in [0, 0.05) is 16.3 Å². The van der Waals surface area contributed by atoms with E-state index in [1.165, 1.54) is 21.8 Å². The fourth-order valence-corrected chi connectivity index (χ4v) is 3.57. The zero-order valence-electron chi connectivity index (χ0n) is 11.7. The summed E-state index contributed by atoms with van der Waals surface area (Å²) in [6.45, 7) is 7.39.